The first kappa shape index (κ1) is 18.8. The van der Waals surface area contributed by atoms with Gasteiger partial charge >= 0.3 is 0 Å². The van der Waals surface area contributed by atoms with Crippen LogP contribution in [0.5, 0.6) is 0 Å². The van der Waals surface area contributed by atoms with Gasteiger partial charge in [0.15, 0.2) is 0 Å². The third-order valence-electron chi connectivity index (χ3n) is 5.43. The van der Waals surface area contributed by atoms with Crippen LogP contribution in [0.2, 0.25) is 0 Å². The number of amides is 1. The second-order valence-corrected chi connectivity index (χ2v) is 10.1. The van der Waals surface area contributed by atoms with Crippen LogP contribution in [-0.4, -0.2) is 60.9 Å². The number of thiophene rings is 1. The van der Waals surface area contributed by atoms with Gasteiger partial charge in [-0.1, -0.05) is 18.9 Å². The Morgan fingerprint density at radius 2 is 1.92 bits per heavy atom. The van der Waals surface area contributed by atoms with Crippen molar-refractivity contribution < 1.29 is 18.3 Å². The Bertz CT molecular complexity index is 682. The predicted molar refractivity (Wildman–Crippen MR) is 96.8 cm³/mol. The summed E-state index contributed by atoms with van der Waals surface area (Å²) in [6, 6.07) is 3.25. The zero-order chi connectivity index (χ0) is 18.0. The topological polar surface area (TPSA) is 77.9 Å². The highest BCUT2D eigenvalue weighted by molar-refractivity contribution is 7.91. The largest absolute Gasteiger partial charge is 0.391 e. The molecule has 2 heterocycles. The number of likely N-dealkylation sites (N-methyl/N-ethyl adjacent to an activating group) is 1. The zero-order valence-corrected chi connectivity index (χ0v) is 16.1. The summed E-state index contributed by atoms with van der Waals surface area (Å²) in [7, 11) is -1.66. The fraction of sp³-hybridized carbons (Fsp3) is 0.706. The maximum atomic E-state index is 12.8. The molecule has 2 fully saturated rings. The number of carbonyl (C=O) groups excluding carboxylic acids is 1. The van der Waals surface area contributed by atoms with Gasteiger partial charge in [-0.2, -0.15) is 4.31 Å². The normalized spacial score (nSPS) is 26.5. The molecule has 140 valence electrons. The van der Waals surface area contributed by atoms with Gasteiger partial charge in [-0.3, -0.25) is 4.79 Å². The minimum absolute atomic E-state index is 0.0409. The number of nitrogens with zero attached hydrogens (tertiary/aromatic N) is 2. The average molecular weight is 387 g/mol. The van der Waals surface area contributed by atoms with Gasteiger partial charge in [-0.25, -0.2) is 8.42 Å². The molecule has 1 aromatic heterocycles. The van der Waals surface area contributed by atoms with Crippen molar-refractivity contribution in [1.82, 2.24) is 9.21 Å². The van der Waals surface area contributed by atoms with E-state index < -0.39 is 16.1 Å². The monoisotopic (exact) mass is 386 g/mol. The van der Waals surface area contributed by atoms with Gasteiger partial charge < -0.3 is 10.0 Å². The van der Waals surface area contributed by atoms with Crippen molar-refractivity contribution in [2.24, 2.45) is 5.92 Å². The fourth-order valence-corrected chi connectivity index (χ4v) is 6.49. The predicted octanol–water partition coefficient (Wildman–Crippen LogP) is 1.91. The Balaban J connectivity index is 1.59. The van der Waals surface area contributed by atoms with E-state index in [2.05, 4.69) is 0 Å². The third-order valence-corrected chi connectivity index (χ3v) is 8.70. The van der Waals surface area contributed by atoms with E-state index in [1.54, 1.807) is 29.5 Å². The second-order valence-electron chi connectivity index (χ2n) is 6.98. The number of aliphatic hydroxyl groups excluding tert-OH is 1. The van der Waals surface area contributed by atoms with Crippen LogP contribution in [-0.2, 0) is 14.8 Å². The molecule has 0 spiro atoms. The maximum absolute atomic E-state index is 12.8. The standard InChI is InChI=1S/C17H26N2O4S2/c1-18(14-5-2-3-6-15(14)20)17(21)13-8-10-19(11-9-13)25(22,23)16-7-4-12-24-16/h4,7,12-15,20H,2-3,5-6,8-11H2,1H3. The van der Waals surface area contributed by atoms with Crippen LogP contribution in [0.3, 0.4) is 0 Å². The van der Waals surface area contributed by atoms with E-state index in [1.807, 2.05) is 0 Å². The molecule has 1 N–H and O–H groups in total. The molecule has 0 aromatic carbocycles. The number of sulfonamides is 1. The first-order valence-electron chi connectivity index (χ1n) is 8.89. The van der Waals surface area contributed by atoms with Gasteiger partial charge in [0.1, 0.15) is 4.21 Å². The summed E-state index contributed by atoms with van der Waals surface area (Å²) in [6.07, 6.45) is 4.28. The van der Waals surface area contributed by atoms with Gasteiger partial charge in [-0.15, -0.1) is 11.3 Å². The highest BCUT2D eigenvalue weighted by atomic mass is 32.2. The summed E-state index contributed by atoms with van der Waals surface area (Å²) in [5.74, 6) is -0.118. The lowest BCUT2D eigenvalue weighted by molar-refractivity contribution is -0.141. The lowest BCUT2D eigenvalue weighted by atomic mass is 9.89. The van der Waals surface area contributed by atoms with Crippen LogP contribution >= 0.6 is 11.3 Å². The number of hydrogen-bond acceptors (Lipinski definition) is 5. The molecule has 1 aliphatic heterocycles. The van der Waals surface area contributed by atoms with Gasteiger partial charge in [0, 0.05) is 26.1 Å². The SMILES string of the molecule is CN(C(=O)C1CCN(S(=O)(=O)c2cccs2)CC1)C1CCCCC1O. The van der Waals surface area contributed by atoms with E-state index in [1.165, 1.54) is 15.6 Å². The molecular formula is C17H26N2O4S2. The van der Waals surface area contributed by atoms with E-state index in [4.69, 9.17) is 0 Å². The molecule has 25 heavy (non-hydrogen) atoms. The van der Waals surface area contributed by atoms with Crippen molar-refractivity contribution in [1.29, 1.82) is 0 Å². The quantitative estimate of drug-likeness (QED) is 0.857. The molecule has 8 heteroatoms. The van der Waals surface area contributed by atoms with Crippen LogP contribution in [0.1, 0.15) is 38.5 Å². The Morgan fingerprint density at radius 3 is 2.52 bits per heavy atom. The first-order chi connectivity index (χ1) is 11.9. The molecule has 2 aliphatic rings. The highest BCUT2D eigenvalue weighted by Crippen LogP contribution is 2.29. The minimum Gasteiger partial charge on any atom is -0.391 e. The van der Waals surface area contributed by atoms with Crippen molar-refractivity contribution in [3.05, 3.63) is 17.5 Å². The van der Waals surface area contributed by atoms with Gasteiger partial charge in [0.05, 0.1) is 12.1 Å². The number of piperidine rings is 1. The smallest absolute Gasteiger partial charge is 0.252 e. The molecule has 6 nitrogen and oxygen atoms in total. The molecule has 1 saturated heterocycles. The molecule has 1 amide bonds. The lowest BCUT2D eigenvalue weighted by Crippen LogP contribution is -2.50. The van der Waals surface area contributed by atoms with Gasteiger partial charge in [0.2, 0.25) is 5.91 Å². The summed E-state index contributed by atoms with van der Waals surface area (Å²) >= 11 is 1.22. The van der Waals surface area contributed by atoms with Crippen molar-refractivity contribution in [2.45, 2.75) is 54.9 Å². The van der Waals surface area contributed by atoms with Crippen LogP contribution in [0.25, 0.3) is 0 Å². The maximum Gasteiger partial charge on any atom is 0.252 e. The molecule has 1 aromatic rings. The summed E-state index contributed by atoms with van der Waals surface area (Å²) in [5, 5.41) is 11.9. The third kappa shape index (κ3) is 3.92. The van der Waals surface area contributed by atoms with Crippen molar-refractivity contribution >= 4 is 27.3 Å². The summed E-state index contributed by atoms with van der Waals surface area (Å²) in [5.41, 5.74) is 0. The molecule has 1 aliphatic carbocycles. The zero-order valence-electron chi connectivity index (χ0n) is 14.5. The number of rotatable bonds is 4. The number of aliphatic hydroxyl groups is 1. The molecule has 2 atom stereocenters. The second kappa shape index (κ2) is 7.73. The van der Waals surface area contributed by atoms with Crippen molar-refractivity contribution in [3.8, 4) is 0 Å². The molecule has 0 radical (unpaired) electrons. The van der Waals surface area contributed by atoms with E-state index in [0.717, 1.165) is 25.7 Å². The Labute approximate surface area is 153 Å². The van der Waals surface area contributed by atoms with E-state index in [9.17, 15) is 18.3 Å². The van der Waals surface area contributed by atoms with Gasteiger partial charge in [0.25, 0.3) is 10.0 Å². The van der Waals surface area contributed by atoms with Crippen LogP contribution in [0.4, 0.5) is 0 Å². The molecule has 1 saturated carbocycles. The average Bonchev–Trinajstić information content (AvgIpc) is 3.16. The van der Waals surface area contributed by atoms with Crippen LogP contribution < -0.4 is 0 Å². The van der Waals surface area contributed by atoms with E-state index >= 15 is 0 Å². The minimum atomic E-state index is -3.43. The van der Waals surface area contributed by atoms with Crippen molar-refractivity contribution in [3.63, 3.8) is 0 Å². The highest BCUT2D eigenvalue weighted by Gasteiger charge is 2.36. The first-order valence-corrected chi connectivity index (χ1v) is 11.2. The Hall–Kier alpha value is -0.960. The summed E-state index contributed by atoms with van der Waals surface area (Å²) in [6.45, 7) is 0.745. The molecular weight excluding hydrogens is 360 g/mol. The number of carbonyl (C=O) groups is 1. The number of hydrogen-bond donors (Lipinski definition) is 1. The van der Waals surface area contributed by atoms with Crippen molar-refractivity contribution in [2.75, 3.05) is 20.1 Å². The molecule has 3 rings (SSSR count). The summed E-state index contributed by atoms with van der Waals surface area (Å²) < 4.78 is 27.0. The van der Waals surface area contributed by atoms with Crippen LogP contribution in [0.15, 0.2) is 21.7 Å². The fourth-order valence-electron chi connectivity index (χ4n) is 3.88. The Morgan fingerprint density at radius 1 is 1.24 bits per heavy atom. The Kier molecular flexibility index (Phi) is 5.82. The molecule has 0 bridgehead atoms. The van der Waals surface area contributed by atoms with Crippen LogP contribution in [0, 0.1) is 5.92 Å². The van der Waals surface area contributed by atoms with E-state index in [-0.39, 0.29) is 17.9 Å². The molecule has 2 unspecified atom stereocenters. The van der Waals surface area contributed by atoms with E-state index in [0.29, 0.717) is 30.1 Å². The summed E-state index contributed by atoms with van der Waals surface area (Å²) in [4.78, 5) is 14.5. The lowest BCUT2D eigenvalue weighted by Gasteiger charge is -2.38. The van der Waals surface area contributed by atoms with Gasteiger partial charge in [-0.05, 0) is 37.1 Å².